The van der Waals surface area contributed by atoms with Gasteiger partial charge < -0.3 is 9.32 Å². The second kappa shape index (κ2) is 14.1. The average molecular weight is 745 g/mol. The van der Waals surface area contributed by atoms with E-state index < -0.39 is 6.04 Å². The largest absolute Gasteiger partial charge is 0.456 e. The molecular weight excluding hydrogens is 703 g/mol. The van der Waals surface area contributed by atoms with Crippen LogP contribution in [-0.2, 0) is 0 Å². The average Bonchev–Trinajstić information content (AvgIpc) is 3.72. The number of hydrogen-bond donors (Lipinski definition) is 0. The van der Waals surface area contributed by atoms with Gasteiger partial charge in [-0.05, 0) is 109 Å². The van der Waals surface area contributed by atoms with Crippen molar-refractivity contribution in [2.45, 2.75) is 0 Å². The van der Waals surface area contributed by atoms with Gasteiger partial charge in [0.05, 0.1) is 17.9 Å². The Morgan fingerprint density at radius 2 is 0.845 bits per heavy atom. The molecular formula is C56H37NO. The Balaban J connectivity index is 1.08. The Morgan fingerprint density at radius 3 is 1.45 bits per heavy atom. The van der Waals surface area contributed by atoms with Crippen LogP contribution in [0.3, 0.4) is 0 Å². The molecule has 0 radical (unpaired) electrons. The number of hydrogen-bond acceptors (Lipinski definition) is 2. The number of rotatable bonds is 7. The maximum Gasteiger partial charge on any atom is 0.138 e. The molecule has 0 aliphatic rings. The third kappa shape index (κ3) is 5.91. The van der Waals surface area contributed by atoms with Gasteiger partial charge in [0.1, 0.15) is 11.2 Å². The Hall–Kier alpha value is -7.68. The lowest BCUT2D eigenvalue weighted by Gasteiger charge is -2.27. The molecule has 0 spiro atoms. The van der Waals surface area contributed by atoms with Crippen LogP contribution in [0.2, 0.25) is 0 Å². The molecule has 0 fully saturated rings. The van der Waals surface area contributed by atoms with Crippen LogP contribution < -0.4 is 4.90 Å². The van der Waals surface area contributed by atoms with Gasteiger partial charge in [0.15, 0.2) is 0 Å². The first-order chi connectivity index (χ1) is 30.8. The quantitative estimate of drug-likeness (QED) is 0.162. The van der Waals surface area contributed by atoms with Crippen molar-refractivity contribution in [2.75, 3.05) is 4.90 Å². The predicted octanol–water partition coefficient (Wildman–Crippen LogP) is 16.0. The molecule has 0 atom stereocenters. The van der Waals surface area contributed by atoms with Gasteiger partial charge >= 0.3 is 0 Å². The van der Waals surface area contributed by atoms with Crippen LogP contribution >= 0.6 is 0 Å². The molecule has 0 N–H and O–H groups in total. The minimum Gasteiger partial charge on any atom is -0.456 e. The molecule has 0 aliphatic carbocycles. The normalized spacial score (nSPS) is 12.7. The molecule has 0 saturated carbocycles. The second-order valence-corrected chi connectivity index (χ2v) is 14.5. The molecule has 2 heteroatoms. The third-order valence-corrected chi connectivity index (χ3v) is 11.2. The fourth-order valence-electron chi connectivity index (χ4n) is 8.36. The smallest absolute Gasteiger partial charge is 0.138 e. The van der Waals surface area contributed by atoms with Crippen molar-refractivity contribution in [3.05, 3.63) is 224 Å². The molecule has 0 saturated heterocycles. The topological polar surface area (TPSA) is 16.4 Å². The van der Waals surface area contributed by atoms with Gasteiger partial charge in [0, 0.05) is 16.8 Å². The molecule has 0 aliphatic heterocycles. The summed E-state index contributed by atoms with van der Waals surface area (Å²) in [5, 5.41) is 6.51. The first-order valence-electron chi connectivity index (χ1n) is 21.9. The SMILES string of the molecule is [2H]c1c([2H])c([2H])c(-c2cc(N(c3ccc(-c4ccc(-c5cccc6ccccc56)cc4)cc3)c3ccc(-c4cccc5ccccc45)cc3)c3c(c2)oc2ccccc23)c([2H])c1[2H]. The number of nitrogens with zero attached hydrogens (tertiary/aromatic N) is 1. The molecule has 0 unspecified atom stereocenters. The van der Waals surface area contributed by atoms with E-state index in [0.717, 1.165) is 55.7 Å². The van der Waals surface area contributed by atoms with Gasteiger partial charge in [-0.15, -0.1) is 0 Å². The number of fused-ring (bicyclic) bond motifs is 5. The van der Waals surface area contributed by atoms with E-state index in [9.17, 15) is 0 Å². The Kier molecular flexibility index (Phi) is 6.98. The third-order valence-electron chi connectivity index (χ3n) is 11.2. The fourth-order valence-corrected chi connectivity index (χ4v) is 8.36. The van der Waals surface area contributed by atoms with E-state index in [1.54, 1.807) is 6.07 Å². The van der Waals surface area contributed by atoms with Gasteiger partial charge in [-0.1, -0.05) is 182 Å². The van der Waals surface area contributed by atoms with Crippen LogP contribution in [0.4, 0.5) is 17.1 Å². The highest BCUT2D eigenvalue weighted by Crippen LogP contribution is 2.46. The molecule has 272 valence electrons. The zero-order chi connectivity index (χ0) is 42.8. The summed E-state index contributed by atoms with van der Waals surface area (Å²) >= 11 is 0. The molecule has 2 nitrogen and oxygen atoms in total. The minimum absolute atomic E-state index is 0.109. The number of para-hydroxylation sites is 1. The number of anilines is 3. The van der Waals surface area contributed by atoms with Crippen LogP contribution in [-0.4, -0.2) is 0 Å². The van der Waals surface area contributed by atoms with Crippen molar-refractivity contribution in [2.24, 2.45) is 0 Å². The maximum absolute atomic E-state index is 8.94. The summed E-state index contributed by atoms with van der Waals surface area (Å²) in [6, 6.07) is 65.1. The van der Waals surface area contributed by atoms with E-state index >= 15 is 0 Å². The van der Waals surface area contributed by atoms with Crippen LogP contribution in [0.5, 0.6) is 0 Å². The fraction of sp³-hybridized carbons (Fsp3) is 0. The van der Waals surface area contributed by atoms with Gasteiger partial charge in [-0.3, -0.25) is 0 Å². The molecule has 11 rings (SSSR count). The molecule has 11 aromatic rings. The lowest BCUT2D eigenvalue weighted by molar-refractivity contribution is 0.669. The van der Waals surface area contributed by atoms with Crippen LogP contribution in [0, 0.1) is 0 Å². The minimum atomic E-state index is -0.435. The maximum atomic E-state index is 8.94. The van der Waals surface area contributed by atoms with Gasteiger partial charge in [-0.2, -0.15) is 0 Å². The van der Waals surface area contributed by atoms with E-state index in [1.165, 1.54) is 27.1 Å². The molecule has 0 amide bonds. The van der Waals surface area contributed by atoms with Crippen molar-refractivity contribution in [1.82, 2.24) is 0 Å². The molecule has 10 aromatic carbocycles. The summed E-state index contributed by atoms with van der Waals surface area (Å²) in [6.07, 6.45) is 0. The van der Waals surface area contributed by atoms with E-state index in [-0.39, 0.29) is 29.7 Å². The number of furan rings is 1. The van der Waals surface area contributed by atoms with Crippen LogP contribution in [0.25, 0.3) is 88.0 Å². The highest BCUT2D eigenvalue weighted by molar-refractivity contribution is 6.14. The second-order valence-electron chi connectivity index (χ2n) is 14.5. The monoisotopic (exact) mass is 744 g/mol. The molecule has 58 heavy (non-hydrogen) atoms. The number of benzene rings is 10. The highest BCUT2D eigenvalue weighted by Gasteiger charge is 2.22. The lowest BCUT2D eigenvalue weighted by Crippen LogP contribution is -2.10. The van der Waals surface area contributed by atoms with E-state index in [4.69, 9.17) is 11.3 Å². The molecule has 0 bridgehead atoms. The summed E-state index contributed by atoms with van der Waals surface area (Å²) in [6.45, 7) is 0. The Bertz CT molecular complexity index is 3520. The highest BCUT2D eigenvalue weighted by atomic mass is 16.3. The van der Waals surface area contributed by atoms with Crippen molar-refractivity contribution in [1.29, 1.82) is 0 Å². The summed E-state index contributed by atoms with van der Waals surface area (Å²) < 4.78 is 49.7. The summed E-state index contributed by atoms with van der Waals surface area (Å²) in [7, 11) is 0. The van der Waals surface area contributed by atoms with E-state index in [0.29, 0.717) is 16.7 Å². The van der Waals surface area contributed by atoms with E-state index in [1.807, 2.05) is 30.3 Å². The van der Waals surface area contributed by atoms with Gasteiger partial charge in [0.25, 0.3) is 0 Å². The zero-order valence-electron chi connectivity index (χ0n) is 36.3. The first kappa shape index (κ1) is 28.7. The zero-order valence-corrected chi connectivity index (χ0v) is 31.3. The van der Waals surface area contributed by atoms with Gasteiger partial charge in [-0.25, -0.2) is 0 Å². The molecule has 1 aromatic heterocycles. The summed E-state index contributed by atoms with van der Waals surface area (Å²) in [5.41, 5.74) is 11.0. The van der Waals surface area contributed by atoms with Gasteiger partial charge in [0.2, 0.25) is 0 Å². The standard InChI is InChI=1S/C56H37NO/c1-2-12-38(13-3-1)45-36-53(56-52-20-8-9-23-54(52)58-55(56)37-45)57(47-34-30-44(31-35-47)51-22-11-17-42-15-5-7-19-49(42)51)46-32-28-40(29-33-46)39-24-26-43(27-25-39)50-21-10-16-41-14-4-6-18-48(41)50/h1-37H/i1D,2D,3D,12D,13D. The van der Waals surface area contributed by atoms with Crippen molar-refractivity contribution >= 4 is 60.5 Å². The van der Waals surface area contributed by atoms with Crippen molar-refractivity contribution in [3.63, 3.8) is 0 Å². The lowest BCUT2D eigenvalue weighted by atomic mass is 9.96. The summed E-state index contributed by atoms with van der Waals surface area (Å²) in [5.74, 6) is 0. The van der Waals surface area contributed by atoms with Crippen LogP contribution in [0.15, 0.2) is 229 Å². The Labute approximate surface area is 344 Å². The molecule has 1 heterocycles. The van der Waals surface area contributed by atoms with E-state index in [2.05, 4.69) is 163 Å². The van der Waals surface area contributed by atoms with Crippen molar-refractivity contribution in [3.8, 4) is 44.5 Å². The van der Waals surface area contributed by atoms with Crippen LogP contribution in [0.1, 0.15) is 6.85 Å². The Morgan fingerprint density at radius 1 is 0.362 bits per heavy atom. The predicted molar refractivity (Wildman–Crippen MR) is 245 cm³/mol. The van der Waals surface area contributed by atoms with Crippen molar-refractivity contribution < 1.29 is 11.3 Å². The first-order valence-corrected chi connectivity index (χ1v) is 19.4. The summed E-state index contributed by atoms with van der Waals surface area (Å²) in [4.78, 5) is 2.17.